The smallest absolute Gasteiger partial charge is 0.331 e. The van der Waals surface area contributed by atoms with Gasteiger partial charge in [-0.05, 0) is 18.9 Å². The van der Waals surface area contributed by atoms with Crippen LogP contribution in [0.25, 0.3) is 0 Å². The Labute approximate surface area is 72.4 Å². The van der Waals surface area contributed by atoms with Crippen molar-refractivity contribution in [2.45, 2.75) is 12.8 Å². The van der Waals surface area contributed by atoms with Crippen molar-refractivity contribution < 1.29 is 23.5 Å². The molecule has 1 N–H and O–H groups in total. The molecule has 1 aliphatic carbocycles. The predicted molar refractivity (Wildman–Crippen MR) is 39.2 cm³/mol. The van der Waals surface area contributed by atoms with E-state index in [4.69, 9.17) is 5.11 Å². The van der Waals surface area contributed by atoms with Crippen molar-refractivity contribution in [3.63, 3.8) is 0 Å². The largest absolute Gasteiger partial charge is 0.478 e. The molecule has 1 rings (SSSR count). The van der Waals surface area contributed by atoms with Crippen LogP contribution in [0.5, 0.6) is 0 Å². The van der Waals surface area contributed by atoms with Crippen LogP contribution in [0.2, 0.25) is 0 Å². The normalized spacial score (nSPS) is 16.9. The standard InChI is InChI=1S/C8H6F2O3/c9-7(10)5-2-1-4(8(12)13)3-6(5)11/h3H,1-2H2,(H,12,13). The van der Waals surface area contributed by atoms with Crippen LogP contribution in [0.1, 0.15) is 12.8 Å². The molecule has 0 atom stereocenters. The second-order valence-corrected chi connectivity index (χ2v) is 2.58. The summed E-state index contributed by atoms with van der Waals surface area (Å²) in [5.41, 5.74) is -0.694. The molecule has 0 unspecified atom stereocenters. The highest BCUT2D eigenvalue weighted by molar-refractivity contribution is 6.09. The number of carbonyl (C=O) groups is 2. The van der Waals surface area contributed by atoms with Crippen molar-refractivity contribution in [3.05, 3.63) is 23.3 Å². The van der Waals surface area contributed by atoms with Gasteiger partial charge in [-0.2, -0.15) is 8.78 Å². The molecule has 0 bridgehead atoms. The molecule has 1 aliphatic rings. The summed E-state index contributed by atoms with van der Waals surface area (Å²) in [5, 5.41) is 8.46. The van der Waals surface area contributed by atoms with Crippen molar-refractivity contribution in [3.8, 4) is 0 Å². The Morgan fingerprint density at radius 3 is 2.38 bits per heavy atom. The monoisotopic (exact) mass is 188 g/mol. The fraction of sp³-hybridized carbons (Fsp3) is 0.250. The highest BCUT2D eigenvalue weighted by Crippen LogP contribution is 2.24. The van der Waals surface area contributed by atoms with Gasteiger partial charge in [-0.25, -0.2) is 4.79 Å². The molecule has 5 heteroatoms. The fourth-order valence-corrected chi connectivity index (χ4v) is 1.06. The molecule has 0 fully saturated rings. The Bertz CT molecular complexity index is 324. The first-order chi connectivity index (χ1) is 6.02. The van der Waals surface area contributed by atoms with Crippen molar-refractivity contribution in [2.24, 2.45) is 0 Å². The zero-order valence-corrected chi connectivity index (χ0v) is 6.51. The molecule has 0 spiro atoms. The summed E-state index contributed by atoms with van der Waals surface area (Å²) < 4.78 is 24.0. The van der Waals surface area contributed by atoms with Crippen LogP contribution in [0, 0.1) is 0 Å². The van der Waals surface area contributed by atoms with Crippen molar-refractivity contribution >= 4 is 11.8 Å². The minimum absolute atomic E-state index is 0.0201. The zero-order valence-electron chi connectivity index (χ0n) is 6.51. The molecule has 0 heterocycles. The van der Waals surface area contributed by atoms with Crippen LogP contribution in [-0.4, -0.2) is 16.9 Å². The minimum Gasteiger partial charge on any atom is -0.478 e. The molecule has 0 aromatic rings. The van der Waals surface area contributed by atoms with Crippen molar-refractivity contribution in [1.82, 2.24) is 0 Å². The lowest BCUT2D eigenvalue weighted by Gasteiger charge is -2.09. The van der Waals surface area contributed by atoms with Gasteiger partial charge in [0.05, 0.1) is 5.57 Å². The Morgan fingerprint density at radius 2 is 2.00 bits per heavy atom. The number of aliphatic carboxylic acids is 1. The van der Waals surface area contributed by atoms with E-state index in [0.29, 0.717) is 0 Å². The summed E-state index contributed by atoms with van der Waals surface area (Å²) in [6.45, 7) is 0. The average Bonchev–Trinajstić information content (AvgIpc) is 2.03. The number of carboxylic acid groups (broad SMARTS) is 1. The van der Waals surface area contributed by atoms with Crippen LogP contribution in [0.3, 0.4) is 0 Å². The average molecular weight is 188 g/mol. The molecule has 0 saturated heterocycles. The van der Waals surface area contributed by atoms with Gasteiger partial charge in [-0.15, -0.1) is 0 Å². The third-order valence-corrected chi connectivity index (χ3v) is 1.75. The molecule has 0 aromatic heterocycles. The second kappa shape index (κ2) is 3.47. The first-order valence-corrected chi connectivity index (χ1v) is 3.54. The van der Waals surface area contributed by atoms with Gasteiger partial charge >= 0.3 is 5.97 Å². The van der Waals surface area contributed by atoms with E-state index in [2.05, 4.69) is 0 Å². The van der Waals surface area contributed by atoms with E-state index in [1.807, 2.05) is 0 Å². The number of ketones is 1. The third kappa shape index (κ3) is 1.99. The molecule has 0 radical (unpaired) electrons. The first kappa shape index (κ1) is 9.57. The van der Waals surface area contributed by atoms with Crippen molar-refractivity contribution in [1.29, 1.82) is 0 Å². The Kier molecular flexibility index (Phi) is 2.55. The number of carboxylic acids is 1. The van der Waals surface area contributed by atoms with Crippen LogP contribution >= 0.6 is 0 Å². The summed E-state index contributed by atoms with van der Waals surface area (Å²) in [5.74, 6) is -2.13. The summed E-state index contributed by atoms with van der Waals surface area (Å²) in [6, 6.07) is 0. The number of hydrogen-bond donors (Lipinski definition) is 1. The maximum absolute atomic E-state index is 12.0. The summed E-state index contributed by atoms with van der Waals surface area (Å²) in [6.07, 6.45) is -1.49. The summed E-state index contributed by atoms with van der Waals surface area (Å²) >= 11 is 0. The Morgan fingerprint density at radius 1 is 1.38 bits per heavy atom. The van der Waals surface area contributed by atoms with Crippen LogP contribution < -0.4 is 0 Å². The Balaban J connectivity index is 2.97. The molecule has 3 nitrogen and oxygen atoms in total. The van der Waals surface area contributed by atoms with E-state index in [1.54, 1.807) is 0 Å². The zero-order chi connectivity index (χ0) is 10.0. The lowest BCUT2D eigenvalue weighted by atomic mass is 9.94. The topological polar surface area (TPSA) is 54.4 Å². The molecular weight excluding hydrogens is 182 g/mol. The van der Waals surface area contributed by atoms with Gasteiger partial charge in [-0.1, -0.05) is 0 Å². The SMILES string of the molecule is O=C(O)C1=CC(=O)C(=C(F)F)CC1. The highest BCUT2D eigenvalue weighted by atomic mass is 19.3. The van der Waals surface area contributed by atoms with Crippen LogP contribution in [0.4, 0.5) is 8.78 Å². The lowest BCUT2D eigenvalue weighted by Crippen LogP contribution is -2.13. The molecule has 0 aromatic carbocycles. The van der Waals surface area contributed by atoms with E-state index in [-0.39, 0.29) is 18.4 Å². The number of halogens is 2. The predicted octanol–water partition coefficient (Wildman–Crippen LogP) is 1.51. The molecule has 0 aliphatic heterocycles. The second-order valence-electron chi connectivity index (χ2n) is 2.58. The molecule has 13 heavy (non-hydrogen) atoms. The summed E-state index contributed by atoms with van der Waals surface area (Å²) in [7, 11) is 0. The Hall–Kier alpha value is -1.52. The van der Waals surface area contributed by atoms with Gasteiger partial charge in [0.25, 0.3) is 6.08 Å². The fourth-order valence-electron chi connectivity index (χ4n) is 1.06. The van der Waals surface area contributed by atoms with E-state index >= 15 is 0 Å². The van der Waals surface area contributed by atoms with Gasteiger partial charge in [0, 0.05) is 5.57 Å². The van der Waals surface area contributed by atoms with Gasteiger partial charge in [0.15, 0.2) is 5.78 Å². The maximum atomic E-state index is 12.0. The summed E-state index contributed by atoms with van der Waals surface area (Å²) in [4.78, 5) is 21.2. The van der Waals surface area contributed by atoms with Crippen molar-refractivity contribution in [2.75, 3.05) is 0 Å². The highest BCUT2D eigenvalue weighted by Gasteiger charge is 2.23. The number of carbonyl (C=O) groups excluding carboxylic acids is 1. The number of rotatable bonds is 1. The molecule has 70 valence electrons. The van der Waals surface area contributed by atoms with Gasteiger partial charge in [0.2, 0.25) is 0 Å². The van der Waals surface area contributed by atoms with Gasteiger partial charge < -0.3 is 5.11 Å². The minimum atomic E-state index is -2.02. The van der Waals surface area contributed by atoms with Gasteiger partial charge in [-0.3, -0.25) is 4.79 Å². The quantitative estimate of drug-likeness (QED) is 0.634. The van der Waals surface area contributed by atoms with E-state index in [1.165, 1.54) is 0 Å². The molecule has 0 saturated carbocycles. The molecular formula is C8H6F2O3. The molecule has 0 amide bonds. The first-order valence-electron chi connectivity index (χ1n) is 3.54. The number of hydrogen-bond acceptors (Lipinski definition) is 2. The van der Waals surface area contributed by atoms with E-state index in [0.717, 1.165) is 6.08 Å². The van der Waals surface area contributed by atoms with E-state index < -0.39 is 23.4 Å². The van der Waals surface area contributed by atoms with Crippen LogP contribution in [-0.2, 0) is 9.59 Å². The van der Waals surface area contributed by atoms with E-state index in [9.17, 15) is 18.4 Å². The lowest BCUT2D eigenvalue weighted by molar-refractivity contribution is -0.133. The van der Waals surface area contributed by atoms with Gasteiger partial charge in [0.1, 0.15) is 0 Å². The number of allylic oxidation sites excluding steroid dienone is 2. The third-order valence-electron chi connectivity index (χ3n) is 1.75. The maximum Gasteiger partial charge on any atom is 0.331 e. The van der Waals surface area contributed by atoms with Crippen LogP contribution in [0.15, 0.2) is 23.3 Å².